The number of halogens is 1. The molecule has 126 valence electrons. The zero-order valence-corrected chi connectivity index (χ0v) is 13.6. The Morgan fingerprint density at radius 3 is 2.58 bits per heavy atom. The van der Waals surface area contributed by atoms with E-state index in [0.29, 0.717) is 35.0 Å². The van der Waals surface area contributed by atoms with Gasteiger partial charge in [0.05, 0.1) is 16.8 Å². The summed E-state index contributed by atoms with van der Waals surface area (Å²) in [5, 5.41) is 3.51. The van der Waals surface area contributed by atoms with Gasteiger partial charge in [0.15, 0.2) is 0 Å². The topological polar surface area (TPSA) is 85.1 Å². The number of nitrogens with one attached hydrogen (secondary N) is 1. The minimum atomic E-state index is -0.987. The van der Waals surface area contributed by atoms with Gasteiger partial charge in [-0.05, 0) is 38.0 Å². The van der Waals surface area contributed by atoms with Gasteiger partial charge in [-0.2, -0.15) is 0 Å². The van der Waals surface area contributed by atoms with E-state index in [9.17, 15) is 14.0 Å². The Morgan fingerprint density at radius 2 is 1.92 bits per heavy atom. The quantitative estimate of drug-likeness (QED) is 0.907. The minimum Gasteiger partial charge on any atom is -0.368 e. The summed E-state index contributed by atoms with van der Waals surface area (Å²) in [5.41, 5.74) is 5.93. The normalized spacial score (nSPS) is 16.8. The maximum Gasteiger partial charge on any atom is 0.254 e. The average Bonchev–Trinajstić information content (AvgIpc) is 2.54. The molecular weight excluding hydrogens is 309 g/mol. The van der Waals surface area contributed by atoms with E-state index in [-0.39, 0.29) is 11.7 Å². The van der Waals surface area contributed by atoms with Crippen molar-refractivity contribution in [2.45, 2.75) is 44.6 Å². The first kappa shape index (κ1) is 16.4. The molecule has 1 aliphatic carbocycles. The van der Waals surface area contributed by atoms with Crippen LogP contribution >= 0.6 is 0 Å². The molecule has 6 heteroatoms. The molecule has 0 radical (unpaired) electrons. The van der Waals surface area contributed by atoms with Crippen molar-refractivity contribution in [1.29, 1.82) is 0 Å². The predicted octanol–water partition coefficient (Wildman–Crippen LogP) is 2.60. The van der Waals surface area contributed by atoms with E-state index in [1.54, 1.807) is 19.1 Å². The predicted molar refractivity (Wildman–Crippen MR) is 88.9 cm³/mol. The number of amides is 2. The molecule has 0 aliphatic heterocycles. The van der Waals surface area contributed by atoms with Gasteiger partial charge >= 0.3 is 0 Å². The third-order valence-corrected chi connectivity index (χ3v) is 4.75. The van der Waals surface area contributed by atoms with Crippen LogP contribution in [0.3, 0.4) is 0 Å². The Hall–Kier alpha value is -2.50. The molecule has 3 N–H and O–H groups in total. The fourth-order valence-corrected chi connectivity index (χ4v) is 3.34. The lowest BCUT2D eigenvalue weighted by Crippen LogP contribution is -2.58. The van der Waals surface area contributed by atoms with Crippen LogP contribution in [0.5, 0.6) is 0 Å². The Bertz CT molecular complexity index is 813. The molecular formula is C18H20FN3O2. The van der Waals surface area contributed by atoms with Gasteiger partial charge in [0.1, 0.15) is 11.4 Å². The highest BCUT2D eigenvalue weighted by atomic mass is 19.1. The lowest BCUT2D eigenvalue weighted by atomic mass is 9.81. The monoisotopic (exact) mass is 329 g/mol. The van der Waals surface area contributed by atoms with Crippen molar-refractivity contribution in [3.8, 4) is 0 Å². The van der Waals surface area contributed by atoms with Crippen LogP contribution in [-0.2, 0) is 4.79 Å². The van der Waals surface area contributed by atoms with E-state index in [2.05, 4.69) is 10.3 Å². The molecule has 3 rings (SSSR count). The van der Waals surface area contributed by atoms with Gasteiger partial charge in [0.2, 0.25) is 5.91 Å². The zero-order chi connectivity index (χ0) is 17.3. The SMILES string of the molecule is Cc1nc2cc(F)ccc2cc1C(=O)NC1(C(N)=O)CCCCC1. The summed E-state index contributed by atoms with van der Waals surface area (Å²) in [4.78, 5) is 29.0. The number of hydrogen-bond donors (Lipinski definition) is 2. The number of carbonyl (C=O) groups is 2. The first-order valence-corrected chi connectivity index (χ1v) is 8.11. The van der Waals surface area contributed by atoms with E-state index in [1.165, 1.54) is 12.1 Å². The third kappa shape index (κ3) is 2.96. The van der Waals surface area contributed by atoms with Gasteiger partial charge in [0, 0.05) is 11.5 Å². The van der Waals surface area contributed by atoms with Gasteiger partial charge in [-0.15, -0.1) is 0 Å². The number of nitrogens with two attached hydrogens (primary N) is 1. The summed E-state index contributed by atoms with van der Waals surface area (Å²) >= 11 is 0. The molecule has 2 amide bonds. The van der Waals surface area contributed by atoms with E-state index in [1.807, 2.05) is 0 Å². The van der Waals surface area contributed by atoms with Crippen LogP contribution in [0.4, 0.5) is 4.39 Å². The molecule has 1 saturated carbocycles. The van der Waals surface area contributed by atoms with Crippen LogP contribution < -0.4 is 11.1 Å². The molecule has 1 aromatic heterocycles. The summed E-state index contributed by atoms with van der Waals surface area (Å²) < 4.78 is 13.3. The van der Waals surface area contributed by atoms with E-state index in [0.717, 1.165) is 19.3 Å². The minimum absolute atomic E-state index is 0.369. The van der Waals surface area contributed by atoms with Gasteiger partial charge in [-0.1, -0.05) is 19.3 Å². The summed E-state index contributed by atoms with van der Waals surface area (Å²) in [5.74, 6) is -1.24. The zero-order valence-electron chi connectivity index (χ0n) is 13.6. The van der Waals surface area contributed by atoms with Crippen molar-refractivity contribution < 1.29 is 14.0 Å². The highest BCUT2D eigenvalue weighted by Gasteiger charge is 2.39. The van der Waals surface area contributed by atoms with Gasteiger partial charge < -0.3 is 11.1 Å². The molecule has 0 atom stereocenters. The third-order valence-electron chi connectivity index (χ3n) is 4.75. The average molecular weight is 329 g/mol. The molecule has 0 saturated heterocycles. The van der Waals surface area contributed by atoms with Gasteiger partial charge in [-0.3, -0.25) is 14.6 Å². The first-order chi connectivity index (χ1) is 11.4. The first-order valence-electron chi connectivity index (χ1n) is 8.11. The Morgan fingerprint density at radius 1 is 1.21 bits per heavy atom. The number of fused-ring (bicyclic) bond motifs is 1. The summed E-state index contributed by atoms with van der Waals surface area (Å²) in [6.07, 6.45) is 3.86. The van der Waals surface area contributed by atoms with Crippen LogP contribution in [-0.4, -0.2) is 22.3 Å². The molecule has 1 fully saturated rings. The number of aryl methyl sites for hydroxylation is 1. The smallest absolute Gasteiger partial charge is 0.254 e. The van der Waals surface area contributed by atoms with Crippen molar-refractivity contribution in [2.75, 3.05) is 0 Å². The van der Waals surface area contributed by atoms with Crippen molar-refractivity contribution in [2.24, 2.45) is 5.73 Å². The molecule has 24 heavy (non-hydrogen) atoms. The van der Waals surface area contributed by atoms with E-state index >= 15 is 0 Å². The van der Waals surface area contributed by atoms with Crippen LogP contribution in [0.25, 0.3) is 10.9 Å². The number of carbonyl (C=O) groups excluding carboxylic acids is 2. The fourth-order valence-electron chi connectivity index (χ4n) is 3.34. The lowest BCUT2D eigenvalue weighted by molar-refractivity contribution is -0.125. The number of hydrogen-bond acceptors (Lipinski definition) is 3. The van der Waals surface area contributed by atoms with Crippen molar-refractivity contribution >= 4 is 22.7 Å². The molecule has 1 aliphatic rings. The van der Waals surface area contributed by atoms with Crippen LogP contribution in [0.15, 0.2) is 24.3 Å². The van der Waals surface area contributed by atoms with E-state index < -0.39 is 11.4 Å². The molecule has 2 aromatic rings. The van der Waals surface area contributed by atoms with E-state index in [4.69, 9.17) is 5.73 Å². The molecule has 0 spiro atoms. The van der Waals surface area contributed by atoms with Crippen molar-refractivity contribution in [3.63, 3.8) is 0 Å². The highest BCUT2D eigenvalue weighted by molar-refractivity contribution is 6.01. The Balaban J connectivity index is 1.94. The summed E-state index contributed by atoms with van der Waals surface area (Å²) in [6.45, 7) is 1.69. The number of nitrogens with zero attached hydrogens (tertiary/aromatic N) is 1. The van der Waals surface area contributed by atoms with Gasteiger partial charge in [-0.25, -0.2) is 4.39 Å². The highest BCUT2D eigenvalue weighted by Crippen LogP contribution is 2.29. The maximum absolute atomic E-state index is 13.3. The molecule has 5 nitrogen and oxygen atoms in total. The number of primary amides is 1. The number of aromatic nitrogens is 1. The Kier molecular flexibility index (Phi) is 4.22. The lowest BCUT2D eigenvalue weighted by Gasteiger charge is -2.35. The molecule has 0 unspecified atom stereocenters. The van der Waals surface area contributed by atoms with Crippen LogP contribution in [0.1, 0.15) is 48.2 Å². The fraction of sp³-hybridized carbons (Fsp3) is 0.389. The maximum atomic E-state index is 13.3. The van der Waals surface area contributed by atoms with Crippen molar-refractivity contribution in [1.82, 2.24) is 10.3 Å². The number of pyridine rings is 1. The number of rotatable bonds is 3. The standard InChI is InChI=1S/C18H20FN3O2/c1-11-14(9-12-5-6-13(19)10-15(12)21-11)16(23)22-18(17(20)24)7-3-2-4-8-18/h5-6,9-10H,2-4,7-8H2,1H3,(H2,20,24)(H,22,23). The molecule has 0 bridgehead atoms. The van der Waals surface area contributed by atoms with Crippen molar-refractivity contribution in [3.05, 3.63) is 41.3 Å². The number of benzene rings is 1. The largest absolute Gasteiger partial charge is 0.368 e. The van der Waals surface area contributed by atoms with Crippen LogP contribution in [0.2, 0.25) is 0 Å². The molecule has 1 heterocycles. The van der Waals surface area contributed by atoms with Gasteiger partial charge in [0.25, 0.3) is 5.91 Å². The molecule has 1 aromatic carbocycles. The van der Waals surface area contributed by atoms with Crippen LogP contribution in [0, 0.1) is 12.7 Å². The summed E-state index contributed by atoms with van der Waals surface area (Å²) in [6, 6.07) is 5.91. The second-order valence-corrected chi connectivity index (χ2v) is 6.42. The second-order valence-electron chi connectivity index (χ2n) is 6.42. The summed E-state index contributed by atoms with van der Waals surface area (Å²) in [7, 11) is 0. The second kappa shape index (κ2) is 6.19. The Labute approximate surface area is 139 Å².